The lowest BCUT2D eigenvalue weighted by molar-refractivity contribution is 0.408. The predicted molar refractivity (Wildman–Crippen MR) is 514 cm³/mol. The Hall–Kier alpha value is -15.2. The lowest BCUT2D eigenvalue weighted by atomic mass is 9.54. The lowest BCUT2D eigenvalue weighted by Crippen LogP contribution is -2.45. The van der Waals surface area contributed by atoms with Crippen LogP contribution in [-0.4, -0.2) is 11.7 Å². The number of nitriles is 1. The Kier molecular flexibility index (Phi) is 17.3. The van der Waals surface area contributed by atoms with Crippen molar-refractivity contribution < 1.29 is 0 Å². The number of aliphatic imine (C=N–C) groups is 2. The molecule has 126 heavy (non-hydrogen) atoms. The van der Waals surface area contributed by atoms with Gasteiger partial charge in [0.2, 0.25) is 0 Å². The molecule has 6 aliphatic rings. The highest BCUT2D eigenvalue weighted by Crippen LogP contribution is 2.66. The number of fused-ring (bicyclic) bond motifs is 20. The van der Waals surface area contributed by atoms with Gasteiger partial charge in [-0.1, -0.05) is 397 Å². The van der Waals surface area contributed by atoms with Gasteiger partial charge in [-0.3, -0.25) is 10.6 Å². The first-order chi connectivity index (χ1) is 62.0. The second-order valence-corrected chi connectivity index (χ2v) is 35.6. The molecular weight excluding hydrogens is 1530 g/mol. The largest absolute Gasteiger partial charge is 0.350 e. The summed E-state index contributed by atoms with van der Waals surface area (Å²) < 4.78 is 0. The molecule has 0 amide bonds. The number of rotatable bonds is 12. The number of benzene rings is 18. The first kappa shape index (κ1) is 74.6. The number of hydrogen-bond acceptors (Lipinski definition) is 7. The Labute approximate surface area is 734 Å². The van der Waals surface area contributed by atoms with Crippen molar-refractivity contribution in [2.24, 2.45) is 9.98 Å². The van der Waals surface area contributed by atoms with E-state index in [0.717, 1.165) is 73.7 Å². The van der Waals surface area contributed by atoms with E-state index in [9.17, 15) is 5.26 Å². The number of nitrogens with one attached hydrogen (secondary N) is 4. The van der Waals surface area contributed by atoms with Crippen molar-refractivity contribution in [2.75, 3.05) is 0 Å². The van der Waals surface area contributed by atoms with Crippen LogP contribution in [0.4, 0.5) is 0 Å². The van der Waals surface area contributed by atoms with Gasteiger partial charge < -0.3 is 10.6 Å². The molecule has 0 saturated carbocycles. The molecule has 2 spiro atoms. The molecule has 0 bridgehead atoms. The summed E-state index contributed by atoms with van der Waals surface area (Å²) in [5, 5.41) is 29.7. The Balaban J connectivity index is 0.529. The maximum atomic E-state index is 9.61. The van der Waals surface area contributed by atoms with Crippen LogP contribution in [0.15, 0.2) is 422 Å². The van der Waals surface area contributed by atoms with E-state index in [-0.39, 0.29) is 30.1 Å². The maximum absolute atomic E-state index is 9.61. The first-order valence-electron chi connectivity index (χ1n) is 44.0. The first-order valence-corrected chi connectivity index (χ1v) is 44.0. The SMILES string of the molecule is CC1(C)c2ccccc2C2(c3ccccc3-c3cc(-c4ccc5cc(-c6cccc(C7=NC(c8ccccc8)NC(c8cccc(CC9(C)c%10ccccc%10C%10(c%11ccccc%11-c%11c(-c%12ccc(-c%13ccc(C%14=NC(c%15ccccc%15)NC(c%15ccc(C#N)cc%15)N%14)cc%13)c%13ccccc%12%13)cccc%11%10)c%10ccccc%109)c8)N7)c6)ccc5c4)ccc32)c2ccccc21. The van der Waals surface area contributed by atoms with Crippen molar-refractivity contribution in [3.63, 3.8) is 0 Å². The van der Waals surface area contributed by atoms with Gasteiger partial charge in [-0.2, -0.15) is 5.26 Å². The fourth-order valence-electron chi connectivity index (χ4n) is 22.7. The Morgan fingerprint density at radius 3 is 1.32 bits per heavy atom. The van der Waals surface area contributed by atoms with Gasteiger partial charge in [0.1, 0.15) is 36.3 Å². The van der Waals surface area contributed by atoms with E-state index in [1.165, 1.54) is 138 Å². The van der Waals surface area contributed by atoms with Gasteiger partial charge in [-0.25, -0.2) is 9.98 Å². The highest BCUT2D eigenvalue weighted by Gasteiger charge is 2.56. The van der Waals surface area contributed by atoms with E-state index in [2.05, 4.69) is 430 Å². The molecule has 0 radical (unpaired) electrons. The zero-order chi connectivity index (χ0) is 84.0. The van der Waals surface area contributed by atoms with Gasteiger partial charge in [0.15, 0.2) is 0 Å². The molecule has 0 fully saturated rings. The van der Waals surface area contributed by atoms with Crippen molar-refractivity contribution in [1.29, 1.82) is 5.26 Å². The summed E-state index contributed by atoms with van der Waals surface area (Å²) in [5.74, 6) is 1.64. The van der Waals surface area contributed by atoms with Crippen LogP contribution in [0.5, 0.6) is 0 Å². The van der Waals surface area contributed by atoms with Crippen LogP contribution in [0, 0.1) is 11.3 Å². The van der Waals surface area contributed by atoms with Crippen LogP contribution < -0.4 is 21.3 Å². The van der Waals surface area contributed by atoms with E-state index in [0.29, 0.717) is 5.56 Å². The summed E-state index contributed by atoms with van der Waals surface area (Å²) in [6.45, 7) is 7.27. The van der Waals surface area contributed by atoms with Crippen LogP contribution >= 0.6 is 0 Å². The third-order valence-corrected chi connectivity index (χ3v) is 28.5. The fraction of sp³-hybridized carbons (Fsp3) is 0.101. The molecule has 7 heteroatoms. The third kappa shape index (κ3) is 11.6. The molecule has 598 valence electrons. The van der Waals surface area contributed by atoms with Crippen molar-refractivity contribution in [3.8, 4) is 72.8 Å². The molecule has 2 aliphatic heterocycles. The number of amidine groups is 2. The van der Waals surface area contributed by atoms with Crippen LogP contribution in [0.2, 0.25) is 0 Å². The second kappa shape index (κ2) is 29.3. The second-order valence-electron chi connectivity index (χ2n) is 35.6. The molecule has 4 aliphatic carbocycles. The lowest BCUT2D eigenvalue weighted by Gasteiger charge is -2.48. The van der Waals surface area contributed by atoms with Crippen molar-refractivity contribution in [3.05, 3.63) is 524 Å². The molecule has 18 aromatic carbocycles. The zero-order valence-electron chi connectivity index (χ0n) is 70.1. The molecule has 4 atom stereocenters. The van der Waals surface area contributed by atoms with Gasteiger partial charge in [0.25, 0.3) is 0 Å². The van der Waals surface area contributed by atoms with Crippen LogP contribution in [-0.2, 0) is 28.1 Å². The van der Waals surface area contributed by atoms with Gasteiger partial charge in [0, 0.05) is 22.0 Å². The van der Waals surface area contributed by atoms with E-state index in [4.69, 9.17) is 9.98 Å². The van der Waals surface area contributed by atoms with Crippen molar-refractivity contribution in [1.82, 2.24) is 21.3 Å². The summed E-state index contributed by atoms with van der Waals surface area (Å²) in [5.41, 5.74) is 37.2. The summed E-state index contributed by atoms with van der Waals surface area (Å²) in [6, 6.07) is 155. The van der Waals surface area contributed by atoms with Crippen LogP contribution in [0.3, 0.4) is 0 Å². The van der Waals surface area contributed by atoms with Crippen LogP contribution in [0.25, 0.3) is 88.3 Å². The molecule has 7 nitrogen and oxygen atoms in total. The molecule has 0 saturated heterocycles. The highest BCUT2D eigenvalue weighted by atomic mass is 15.3. The Morgan fingerprint density at radius 2 is 0.698 bits per heavy atom. The van der Waals surface area contributed by atoms with E-state index in [1.807, 2.05) is 30.3 Å². The van der Waals surface area contributed by atoms with Gasteiger partial charge in [-0.15, -0.1) is 0 Å². The van der Waals surface area contributed by atoms with Crippen molar-refractivity contribution >= 4 is 33.2 Å². The fourth-order valence-corrected chi connectivity index (χ4v) is 22.7. The molecule has 24 rings (SSSR count). The molecular formula is C119H87N7. The molecule has 18 aromatic rings. The Morgan fingerprint density at radius 1 is 0.278 bits per heavy atom. The summed E-state index contributed by atoms with van der Waals surface area (Å²) >= 11 is 0. The summed E-state index contributed by atoms with van der Waals surface area (Å²) in [6.07, 6.45) is -0.347. The van der Waals surface area contributed by atoms with Crippen LogP contribution in [0.1, 0.15) is 157 Å². The highest BCUT2D eigenvalue weighted by molar-refractivity contribution is 6.10. The van der Waals surface area contributed by atoms with Gasteiger partial charge >= 0.3 is 0 Å². The number of nitrogens with zero attached hydrogens (tertiary/aromatic N) is 3. The minimum absolute atomic E-state index is 0.146. The van der Waals surface area contributed by atoms with E-state index < -0.39 is 16.2 Å². The zero-order valence-corrected chi connectivity index (χ0v) is 70.1. The quantitative estimate of drug-likeness (QED) is 0.0977. The minimum Gasteiger partial charge on any atom is -0.350 e. The monoisotopic (exact) mass is 1610 g/mol. The molecule has 4 unspecified atom stereocenters. The van der Waals surface area contributed by atoms with Gasteiger partial charge in [0.05, 0.1) is 22.5 Å². The normalized spacial score (nSPS) is 18.4. The smallest absolute Gasteiger partial charge is 0.131 e. The summed E-state index contributed by atoms with van der Waals surface area (Å²) in [4.78, 5) is 10.8. The number of hydrogen-bond donors (Lipinski definition) is 4. The average molecular weight is 1620 g/mol. The predicted octanol–water partition coefficient (Wildman–Crippen LogP) is 26.4. The van der Waals surface area contributed by atoms with Gasteiger partial charge in [-0.05, 0) is 226 Å². The molecule has 4 N–H and O–H groups in total. The third-order valence-electron chi connectivity index (χ3n) is 28.5. The average Bonchev–Trinajstić information content (AvgIpc) is 1.52. The standard InChI is InChI=1S/C119H87N7/c1-116(2)100-42-16-20-46-104(100)118(105-47-21-17-43-101(105)116)97-40-14-12-37-93(97)96-71-86(63-66-99(96)118)85-62-61-83-68-82(59-60-84(83)69-85)81-32-25-34-88(70-81)115-125-111(78-30-8-5-9-31-78)124-114(126-115)87-33-24-27-75(67-87)72-117(3)102-44-18-22-48-106(102)119(107-49-23-19-45-103(107)117)98-41-15-13-38-95(98)109-94(39-26-50-108(109)119)92-65-64-89(90-35-10-11-36-91(90)92)76-55-57-80(58-56-76)113-122-110(77-28-6-4-7-29-77)121-112(123-113)79-53-51-74(73-120)52-54-79/h4-71,110-112,114,121,124H,72H2,1-3H3,(H,122,123)(H,125,126). The maximum Gasteiger partial charge on any atom is 0.131 e. The minimum atomic E-state index is -0.627. The van der Waals surface area contributed by atoms with E-state index >= 15 is 0 Å². The Bertz CT molecular complexity index is 7500. The molecule has 0 aromatic heterocycles. The molecule has 2 heterocycles. The van der Waals surface area contributed by atoms with E-state index in [1.54, 1.807) is 0 Å². The van der Waals surface area contributed by atoms with Crippen molar-refractivity contribution in [2.45, 2.75) is 73.5 Å². The topological polar surface area (TPSA) is 96.6 Å². The summed E-state index contributed by atoms with van der Waals surface area (Å²) in [7, 11) is 0.